The van der Waals surface area contributed by atoms with Crippen LogP contribution in [0.3, 0.4) is 0 Å². The summed E-state index contributed by atoms with van der Waals surface area (Å²) in [6.07, 6.45) is 33.6. The number of phosphoric ester groups is 1. The monoisotopic (exact) mass is 896 g/mol. The van der Waals surface area contributed by atoms with Gasteiger partial charge in [-0.2, -0.15) is 0 Å². The molecule has 1 aliphatic rings. The molecule has 0 radical (unpaired) electrons. The first kappa shape index (κ1) is 56.1. The third-order valence-electron chi connectivity index (χ3n) is 11.9. The van der Waals surface area contributed by atoms with E-state index in [-0.39, 0.29) is 26.1 Å². The Balaban J connectivity index is 1.59. The minimum atomic E-state index is -4.64. The summed E-state index contributed by atoms with van der Waals surface area (Å²) in [4.78, 5) is 37.8. The van der Waals surface area contributed by atoms with Gasteiger partial charge in [-0.1, -0.05) is 129 Å². The van der Waals surface area contributed by atoms with Crippen molar-refractivity contribution < 1.29 is 51.2 Å². The van der Waals surface area contributed by atoms with Gasteiger partial charge in [-0.05, 0) is 76.3 Å². The molecule has 360 valence electrons. The second kappa shape index (κ2) is 33.5. The Bertz CT molecular complexity index is 1400. The molecule has 12 heteroatoms. The van der Waals surface area contributed by atoms with Crippen LogP contribution < -0.4 is 4.89 Å². The van der Waals surface area contributed by atoms with Gasteiger partial charge in [0.2, 0.25) is 0 Å². The normalized spacial score (nSPS) is 16.8. The average molecular weight is 896 g/mol. The third kappa shape index (κ3) is 28.7. The zero-order valence-electron chi connectivity index (χ0n) is 40.5. The summed E-state index contributed by atoms with van der Waals surface area (Å²) in [7, 11) is 1.14. The summed E-state index contributed by atoms with van der Waals surface area (Å²) < 4.78 is 46.1. The highest BCUT2D eigenvalue weighted by atomic mass is 31.2. The van der Waals surface area contributed by atoms with E-state index in [2.05, 4.69) is 39.8 Å². The van der Waals surface area contributed by atoms with Gasteiger partial charge in [-0.3, -0.25) is 14.2 Å². The number of nitrogens with zero attached hydrogens (tertiary/aromatic N) is 1. The number of phosphoric acid groups is 1. The second-order valence-corrected chi connectivity index (χ2v) is 20.2. The number of carbonyl (C=O) groups is 2. The van der Waals surface area contributed by atoms with Crippen LogP contribution in [-0.2, 0) is 50.3 Å². The maximum atomic E-state index is 12.8. The molecule has 11 nitrogen and oxygen atoms in total. The maximum Gasteiger partial charge on any atom is 0.306 e. The van der Waals surface area contributed by atoms with E-state index in [0.29, 0.717) is 36.1 Å². The second-order valence-electron chi connectivity index (χ2n) is 18.8. The van der Waals surface area contributed by atoms with Crippen LogP contribution in [0, 0.1) is 13.8 Å². The third-order valence-corrected chi connectivity index (χ3v) is 12.9. The minimum Gasteiger partial charge on any atom is -0.756 e. The molecule has 1 aliphatic heterocycles. The molecule has 0 saturated carbocycles. The van der Waals surface area contributed by atoms with E-state index in [1.807, 2.05) is 21.1 Å². The smallest absolute Gasteiger partial charge is 0.306 e. The van der Waals surface area contributed by atoms with Gasteiger partial charge in [0.1, 0.15) is 31.3 Å². The summed E-state index contributed by atoms with van der Waals surface area (Å²) in [6, 6.07) is 0. The number of epoxide rings is 1. The Morgan fingerprint density at radius 2 is 1.21 bits per heavy atom. The SMILES string of the molecule is CCCCCc1oc(CCCCCCCCCCCCC(=O)O[C@H](COC(=O)CCCCCCC/C=C\CC2OC2CCCCC)COP(=O)([O-])OCC[N+](C)(C)C)c(C)c1C. The summed E-state index contributed by atoms with van der Waals surface area (Å²) >= 11 is 0. The topological polar surface area (TPSA) is 137 Å². The van der Waals surface area contributed by atoms with Crippen molar-refractivity contribution in [3.63, 3.8) is 0 Å². The van der Waals surface area contributed by atoms with Gasteiger partial charge in [0.05, 0.1) is 40.0 Å². The van der Waals surface area contributed by atoms with Crippen LogP contribution in [0.25, 0.3) is 0 Å². The van der Waals surface area contributed by atoms with E-state index in [1.54, 1.807) is 0 Å². The lowest BCUT2D eigenvalue weighted by molar-refractivity contribution is -0.870. The van der Waals surface area contributed by atoms with Crippen LogP contribution >= 0.6 is 7.82 Å². The lowest BCUT2D eigenvalue weighted by atomic mass is 10.0. The average Bonchev–Trinajstić information content (AvgIpc) is 3.92. The Morgan fingerprint density at radius 1 is 0.677 bits per heavy atom. The van der Waals surface area contributed by atoms with E-state index < -0.39 is 32.5 Å². The van der Waals surface area contributed by atoms with Crippen LogP contribution in [0.4, 0.5) is 0 Å². The first-order chi connectivity index (χ1) is 29.7. The highest BCUT2D eigenvalue weighted by molar-refractivity contribution is 7.45. The number of esters is 2. The van der Waals surface area contributed by atoms with Crippen molar-refractivity contribution in [2.45, 2.75) is 226 Å². The number of carbonyl (C=O) groups excluding carboxylic acids is 2. The standard InChI is InChI=1S/C50H90NO10P/c1-8-10-26-32-45-42(3)43(4)46(60-45)33-28-22-18-14-12-13-15-21-25-31-37-50(53)59-44(41-58-62(54,55)57-39-38-51(5,6)7)40-56-49(52)36-30-24-20-17-16-19-23-29-35-48-47(61-48)34-27-11-9-2/h23,29,44,47-48H,8-22,24-28,30-41H2,1-7H3/b29-23-/t44-,47?,48?/m1/s1. The van der Waals surface area contributed by atoms with Crippen LogP contribution in [0.2, 0.25) is 0 Å². The lowest BCUT2D eigenvalue weighted by Crippen LogP contribution is -2.37. The van der Waals surface area contributed by atoms with Gasteiger partial charge in [-0.25, -0.2) is 0 Å². The summed E-state index contributed by atoms with van der Waals surface area (Å²) in [5.74, 6) is 1.51. The number of ether oxygens (including phenoxy) is 3. The van der Waals surface area contributed by atoms with Gasteiger partial charge < -0.3 is 37.1 Å². The molecule has 1 aromatic heterocycles. The van der Waals surface area contributed by atoms with Gasteiger partial charge in [-0.15, -0.1) is 0 Å². The Morgan fingerprint density at radius 3 is 1.81 bits per heavy atom. The molecule has 2 rings (SSSR count). The van der Waals surface area contributed by atoms with Crippen molar-refractivity contribution in [3.05, 3.63) is 34.8 Å². The van der Waals surface area contributed by atoms with E-state index in [0.717, 1.165) is 70.6 Å². The van der Waals surface area contributed by atoms with Crippen LogP contribution in [0.5, 0.6) is 0 Å². The molecule has 0 amide bonds. The summed E-state index contributed by atoms with van der Waals surface area (Å²) in [5, 5.41) is 0. The summed E-state index contributed by atoms with van der Waals surface area (Å²) in [5.41, 5.74) is 2.69. The number of rotatable bonds is 41. The number of hydrogen-bond acceptors (Lipinski definition) is 10. The highest BCUT2D eigenvalue weighted by Gasteiger charge is 2.36. The van der Waals surface area contributed by atoms with Gasteiger partial charge >= 0.3 is 11.9 Å². The largest absolute Gasteiger partial charge is 0.756 e. The molecule has 0 aromatic carbocycles. The number of allylic oxidation sites excluding steroid dienone is 1. The number of likely N-dealkylation sites (N-methyl/N-ethyl adjacent to an activating group) is 1. The quantitative estimate of drug-likeness (QED) is 0.0156. The fourth-order valence-electron chi connectivity index (χ4n) is 7.61. The van der Waals surface area contributed by atoms with Crippen molar-refractivity contribution in [1.82, 2.24) is 0 Å². The Labute approximate surface area is 378 Å². The van der Waals surface area contributed by atoms with Crippen LogP contribution in [0.15, 0.2) is 16.6 Å². The Kier molecular flexibility index (Phi) is 30.3. The molecule has 4 atom stereocenters. The fraction of sp³-hybridized carbons (Fsp3) is 0.840. The molecule has 1 aromatic rings. The molecule has 0 aliphatic carbocycles. The zero-order chi connectivity index (χ0) is 45.5. The van der Waals surface area contributed by atoms with E-state index in [4.69, 9.17) is 27.7 Å². The van der Waals surface area contributed by atoms with Crippen molar-refractivity contribution >= 4 is 19.8 Å². The molecular formula is C50H90NO10P. The van der Waals surface area contributed by atoms with E-state index in [1.165, 1.54) is 106 Å². The van der Waals surface area contributed by atoms with Crippen LogP contribution in [-0.4, -0.2) is 82.2 Å². The van der Waals surface area contributed by atoms with Crippen molar-refractivity contribution in [2.24, 2.45) is 0 Å². The first-order valence-electron chi connectivity index (χ1n) is 24.9. The predicted octanol–water partition coefficient (Wildman–Crippen LogP) is 12.2. The molecule has 0 spiro atoms. The molecule has 62 heavy (non-hydrogen) atoms. The molecule has 0 N–H and O–H groups in total. The molecule has 2 heterocycles. The number of furan rings is 1. The number of unbranched alkanes of at least 4 members (excludes halogenated alkanes) is 18. The number of aryl methyl sites for hydroxylation is 2. The van der Waals surface area contributed by atoms with Gasteiger partial charge in [0.15, 0.2) is 6.10 Å². The highest BCUT2D eigenvalue weighted by Crippen LogP contribution is 2.38. The molecule has 0 bridgehead atoms. The molecule has 1 saturated heterocycles. The van der Waals surface area contributed by atoms with Gasteiger partial charge in [0, 0.05) is 25.7 Å². The van der Waals surface area contributed by atoms with Crippen molar-refractivity contribution in [2.75, 3.05) is 47.5 Å². The first-order valence-corrected chi connectivity index (χ1v) is 26.3. The summed E-state index contributed by atoms with van der Waals surface area (Å²) in [6.45, 7) is 8.53. The van der Waals surface area contributed by atoms with Crippen LogP contribution in [0.1, 0.15) is 203 Å². The molecular weight excluding hydrogens is 806 g/mol. The lowest BCUT2D eigenvalue weighted by Gasteiger charge is -2.28. The molecule has 1 fully saturated rings. The minimum absolute atomic E-state index is 0.0398. The zero-order valence-corrected chi connectivity index (χ0v) is 41.4. The van der Waals surface area contributed by atoms with Gasteiger partial charge in [0.25, 0.3) is 7.82 Å². The molecule has 3 unspecified atom stereocenters. The van der Waals surface area contributed by atoms with E-state index >= 15 is 0 Å². The van der Waals surface area contributed by atoms with E-state index in [9.17, 15) is 19.0 Å². The maximum absolute atomic E-state index is 12.8. The predicted molar refractivity (Wildman–Crippen MR) is 248 cm³/mol. The Hall–Kier alpha value is -2.01. The number of quaternary nitrogens is 1. The van der Waals surface area contributed by atoms with Crippen molar-refractivity contribution in [3.8, 4) is 0 Å². The number of hydrogen-bond donors (Lipinski definition) is 0. The fourth-order valence-corrected chi connectivity index (χ4v) is 8.33. The van der Waals surface area contributed by atoms with Crippen molar-refractivity contribution in [1.29, 1.82) is 0 Å².